The van der Waals surface area contributed by atoms with Gasteiger partial charge >= 0.3 is 0 Å². The number of nitrogens with one attached hydrogen (secondary N) is 1. The van der Waals surface area contributed by atoms with E-state index in [4.69, 9.17) is 9.26 Å². The van der Waals surface area contributed by atoms with Crippen LogP contribution < -0.4 is 5.32 Å². The van der Waals surface area contributed by atoms with Crippen LogP contribution in [0.15, 0.2) is 22.7 Å². The number of nitrogens with zero attached hydrogens (tertiary/aromatic N) is 2. The van der Waals surface area contributed by atoms with Gasteiger partial charge < -0.3 is 14.6 Å². The first-order valence-corrected chi connectivity index (χ1v) is 6.29. The van der Waals surface area contributed by atoms with Crippen LogP contribution in [0.4, 0.5) is 8.78 Å². The third-order valence-corrected chi connectivity index (χ3v) is 3.20. The molecule has 0 radical (unpaired) electrons. The van der Waals surface area contributed by atoms with Crippen LogP contribution in [0.1, 0.15) is 18.9 Å². The molecule has 0 bridgehead atoms. The number of benzene rings is 1. The number of morpholine rings is 1. The molecule has 0 unspecified atom stereocenters. The molecule has 1 N–H and O–H groups in total. The monoisotopic (exact) mass is 317 g/mol. The predicted molar refractivity (Wildman–Crippen MR) is 73.1 cm³/mol. The molecule has 2 heterocycles. The third kappa shape index (κ3) is 3.20. The lowest BCUT2D eigenvalue weighted by Gasteiger charge is -2.27. The number of ether oxygens (including phenoxy) is 1. The summed E-state index contributed by atoms with van der Waals surface area (Å²) in [7, 11) is 0. The molecule has 1 saturated heterocycles. The van der Waals surface area contributed by atoms with Crippen LogP contribution in [0.2, 0.25) is 0 Å². The molecule has 2 atom stereocenters. The molecule has 1 aliphatic heterocycles. The second kappa shape index (κ2) is 6.46. The Morgan fingerprint density at radius 1 is 1.29 bits per heavy atom. The molecule has 0 spiro atoms. The number of hydrogen-bond acceptors (Lipinski definition) is 5. The van der Waals surface area contributed by atoms with Crippen molar-refractivity contribution in [3.63, 3.8) is 0 Å². The average Bonchev–Trinajstić information content (AvgIpc) is 2.92. The zero-order chi connectivity index (χ0) is 14.1. The van der Waals surface area contributed by atoms with Crippen LogP contribution in [-0.4, -0.2) is 29.4 Å². The van der Waals surface area contributed by atoms with Crippen molar-refractivity contribution in [2.45, 2.75) is 19.1 Å². The van der Waals surface area contributed by atoms with Gasteiger partial charge in [0.25, 0.3) is 0 Å². The molecule has 1 aromatic heterocycles. The fourth-order valence-corrected chi connectivity index (χ4v) is 2.12. The fraction of sp³-hybridized carbons (Fsp3) is 0.385. The molecule has 2 aromatic rings. The van der Waals surface area contributed by atoms with Gasteiger partial charge in [-0.1, -0.05) is 5.16 Å². The van der Waals surface area contributed by atoms with Crippen LogP contribution in [0.25, 0.3) is 11.4 Å². The maximum absolute atomic E-state index is 13.2. The van der Waals surface area contributed by atoms with E-state index < -0.39 is 11.6 Å². The van der Waals surface area contributed by atoms with Crippen molar-refractivity contribution in [3.05, 3.63) is 35.7 Å². The zero-order valence-electron chi connectivity index (χ0n) is 11.2. The highest BCUT2D eigenvalue weighted by Gasteiger charge is 2.28. The van der Waals surface area contributed by atoms with Gasteiger partial charge in [0.1, 0.15) is 6.04 Å². The quantitative estimate of drug-likeness (QED) is 0.922. The Balaban J connectivity index is 0.00000161. The summed E-state index contributed by atoms with van der Waals surface area (Å²) in [5.41, 5.74) is 0.364. The van der Waals surface area contributed by atoms with E-state index in [1.54, 1.807) is 0 Å². The maximum Gasteiger partial charge on any atom is 0.246 e. The normalized spacial score (nSPS) is 21.9. The fourth-order valence-electron chi connectivity index (χ4n) is 2.12. The Morgan fingerprint density at radius 3 is 2.81 bits per heavy atom. The summed E-state index contributed by atoms with van der Waals surface area (Å²) in [6, 6.07) is 3.28. The van der Waals surface area contributed by atoms with Gasteiger partial charge in [0.2, 0.25) is 11.7 Å². The maximum atomic E-state index is 13.2. The molecule has 0 saturated carbocycles. The van der Waals surface area contributed by atoms with Crippen molar-refractivity contribution in [2.24, 2.45) is 0 Å². The van der Waals surface area contributed by atoms with Crippen LogP contribution in [-0.2, 0) is 4.74 Å². The Labute approximate surface area is 126 Å². The number of rotatable bonds is 2. The van der Waals surface area contributed by atoms with Gasteiger partial charge in [-0.25, -0.2) is 8.78 Å². The van der Waals surface area contributed by atoms with E-state index in [1.807, 2.05) is 6.92 Å². The Morgan fingerprint density at radius 2 is 2.10 bits per heavy atom. The molecule has 1 aromatic carbocycles. The lowest BCUT2D eigenvalue weighted by Crippen LogP contribution is -2.40. The highest BCUT2D eigenvalue weighted by atomic mass is 35.5. The Bertz CT molecular complexity index is 623. The minimum atomic E-state index is -0.943. The average molecular weight is 318 g/mol. The molecular formula is C13H14ClF2N3O2. The van der Waals surface area contributed by atoms with Crippen molar-refractivity contribution in [3.8, 4) is 11.4 Å². The molecule has 0 aliphatic carbocycles. The van der Waals surface area contributed by atoms with Crippen molar-refractivity contribution < 1.29 is 18.0 Å². The molecule has 8 heteroatoms. The Kier molecular flexibility index (Phi) is 4.87. The number of halogens is 3. The summed E-state index contributed by atoms with van der Waals surface area (Å²) in [4.78, 5) is 4.22. The van der Waals surface area contributed by atoms with Crippen molar-refractivity contribution in [2.75, 3.05) is 13.2 Å². The first-order valence-electron chi connectivity index (χ1n) is 6.29. The summed E-state index contributed by atoms with van der Waals surface area (Å²) in [6.07, 6.45) is -0.0954. The van der Waals surface area contributed by atoms with Crippen LogP contribution in [0, 0.1) is 11.6 Å². The van der Waals surface area contributed by atoms with Gasteiger partial charge in [-0.2, -0.15) is 4.98 Å². The first kappa shape index (κ1) is 15.8. The van der Waals surface area contributed by atoms with Crippen LogP contribution in [0.5, 0.6) is 0 Å². The second-order valence-electron chi connectivity index (χ2n) is 4.59. The second-order valence-corrected chi connectivity index (χ2v) is 4.59. The van der Waals surface area contributed by atoms with E-state index >= 15 is 0 Å². The van der Waals surface area contributed by atoms with Crippen LogP contribution in [0.3, 0.4) is 0 Å². The number of hydrogen-bond donors (Lipinski definition) is 1. The van der Waals surface area contributed by atoms with E-state index in [-0.39, 0.29) is 30.4 Å². The Hall–Kier alpha value is -1.57. The number of aromatic nitrogens is 2. The lowest BCUT2D eigenvalue weighted by atomic mass is 10.1. The molecule has 114 valence electrons. The van der Waals surface area contributed by atoms with E-state index in [1.165, 1.54) is 6.07 Å². The van der Waals surface area contributed by atoms with Crippen LogP contribution >= 0.6 is 12.4 Å². The molecule has 21 heavy (non-hydrogen) atoms. The summed E-state index contributed by atoms with van der Waals surface area (Å²) in [5, 5.41) is 7.01. The highest BCUT2D eigenvalue weighted by Crippen LogP contribution is 2.24. The van der Waals surface area contributed by atoms with Gasteiger partial charge in [-0.05, 0) is 25.1 Å². The summed E-state index contributed by atoms with van der Waals surface area (Å²) in [5.74, 6) is -1.26. The van der Waals surface area contributed by atoms with Gasteiger partial charge in [-0.15, -0.1) is 12.4 Å². The first-order chi connectivity index (χ1) is 9.65. The molecule has 3 rings (SSSR count). The topological polar surface area (TPSA) is 60.2 Å². The molecule has 1 aliphatic rings. The summed E-state index contributed by atoms with van der Waals surface area (Å²) >= 11 is 0. The predicted octanol–water partition coefficient (Wildman–Crippen LogP) is 2.49. The zero-order valence-corrected chi connectivity index (χ0v) is 12.0. The molecule has 0 amide bonds. The highest BCUT2D eigenvalue weighted by molar-refractivity contribution is 5.85. The third-order valence-electron chi connectivity index (χ3n) is 3.20. The van der Waals surface area contributed by atoms with E-state index in [2.05, 4.69) is 15.5 Å². The van der Waals surface area contributed by atoms with E-state index in [0.29, 0.717) is 24.6 Å². The SMILES string of the molecule is C[C@H]1OCCN[C@@H]1c1nc(-c2ccc(F)c(F)c2)no1.Cl. The van der Waals surface area contributed by atoms with Crippen molar-refractivity contribution in [1.29, 1.82) is 0 Å². The molecular weight excluding hydrogens is 304 g/mol. The smallest absolute Gasteiger partial charge is 0.246 e. The molecule has 5 nitrogen and oxygen atoms in total. The largest absolute Gasteiger partial charge is 0.375 e. The van der Waals surface area contributed by atoms with Crippen molar-refractivity contribution >= 4 is 12.4 Å². The van der Waals surface area contributed by atoms with E-state index in [0.717, 1.165) is 12.1 Å². The van der Waals surface area contributed by atoms with Gasteiger partial charge in [0.15, 0.2) is 11.6 Å². The minimum absolute atomic E-state index is 0. The minimum Gasteiger partial charge on any atom is -0.375 e. The summed E-state index contributed by atoms with van der Waals surface area (Å²) < 4.78 is 36.8. The lowest BCUT2D eigenvalue weighted by molar-refractivity contribution is -0.00136. The van der Waals surface area contributed by atoms with Crippen molar-refractivity contribution in [1.82, 2.24) is 15.5 Å². The van der Waals surface area contributed by atoms with Gasteiger partial charge in [0.05, 0.1) is 12.7 Å². The van der Waals surface area contributed by atoms with E-state index in [9.17, 15) is 8.78 Å². The van der Waals surface area contributed by atoms with Gasteiger partial charge in [0, 0.05) is 12.1 Å². The standard InChI is InChI=1S/C13H13F2N3O2.ClH/c1-7-11(16-4-5-19-7)13-17-12(18-20-13)8-2-3-9(14)10(15)6-8;/h2-3,6-7,11,16H,4-5H2,1H3;1H/t7-,11+;/m1./s1. The molecule has 1 fully saturated rings. The van der Waals surface area contributed by atoms with Gasteiger partial charge in [-0.3, -0.25) is 0 Å². The summed E-state index contributed by atoms with van der Waals surface area (Å²) in [6.45, 7) is 3.22.